The standard InChI is InChI=1S/C17H20Cl2N2/c1-2-20-17-5-3-4-13-10-21(11-14(13)17)9-12-6-7-15(18)16(19)8-12/h6-8,10-11,17,20H,2-5,9H2,1H3. The first-order valence-electron chi connectivity index (χ1n) is 7.53. The van der Waals surface area contributed by atoms with Gasteiger partial charge in [-0.1, -0.05) is 36.2 Å². The maximum absolute atomic E-state index is 6.09. The number of aromatic nitrogens is 1. The van der Waals surface area contributed by atoms with E-state index in [9.17, 15) is 0 Å². The molecule has 0 bridgehead atoms. The molecule has 3 rings (SSSR count). The lowest BCUT2D eigenvalue weighted by molar-refractivity contribution is 0.473. The molecule has 1 heterocycles. The molecule has 21 heavy (non-hydrogen) atoms. The minimum Gasteiger partial charge on any atom is -0.349 e. The van der Waals surface area contributed by atoms with Crippen molar-refractivity contribution in [1.29, 1.82) is 0 Å². The van der Waals surface area contributed by atoms with Crippen LogP contribution in [0, 0.1) is 0 Å². The molecule has 0 aliphatic heterocycles. The van der Waals surface area contributed by atoms with Crippen LogP contribution in [0.25, 0.3) is 0 Å². The summed E-state index contributed by atoms with van der Waals surface area (Å²) in [4.78, 5) is 0. The zero-order valence-electron chi connectivity index (χ0n) is 12.2. The van der Waals surface area contributed by atoms with Gasteiger partial charge >= 0.3 is 0 Å². The van der Waals surface area contributed by atoms with E-state index in [1.807, 2.05) is 18.2 Å². The maximum Gasteiger partial charge on any atom is 0.0595 e. The summed E-state index contributed by atoms with van der Waals surface area (Å²) in [6, 6.07) is 6.36. The Morgan fingerprint density at radius 1 is 1.24 bits per heavy atom. The average molecular weight is 323 g/mol. The molecule has 1 N–H and O–H groups in total. The van der Waals surface area contributed by atoms with Crippen LogP contribution in [0.2, 0.25) is 10.0 Å². The normalized spacial score (nSPS) is 17.8. The number of benzene rings is 1. The van der Waals surface area contributed by atoms with Crippen LogP contribution in [0.1, 0.15) is 42.5 Å². The number of rotatable bonds is 4. The third-order valence-electron chi connectivity index (χ3n) is 4.11. The molecule has 4 heteroatoms. The molecule has 1 unspecified atom stereocenters. The minimum absolute atomic E-state index is 0.508. The van der Waals surface area contributed by atoms with Crippen LogP contribution in [0.3, 0.4) is 0 Å². The first-order chi connectivity index (χ1) is 10.2. The summed E-state index contributed by atoms with van der Waals surface area (Å²) in [7, 11) is 0. The predicted molar refractivity (Wildman–Crippen MR) is 89.4 cm³/mol. The summed E-state index contributed by atoms with van der Waals surface area (Å²) in [5, 5.41) is 4.81. The van der Waals surface area contributed by atoms with Crippen LogP contribution in [0.4, 0.5) is 0 Å². The largest absolute Gasteiger partial charge is 0.349 e. The van der Waals surface area contributed by atoms with Gasteiger partial charge in [-0.15, -0.1) is 0 Å². The molecule has 2 nitrogen and oxygen atoms in total. The van der Waals surface area contributed by atoms with Crippen molar-refractivity contribution in [3.8, 4) is 0 Å². The predicted octanol–water partition coefficient (Wildman–Crippen LogP) is 4.83. The first kappa shape index (κ1) is 15.0. The van der Waals surface area contributed by atoms with Gasteiger partial charge in [0.15, 0.2) is 0 Å². The molecule has 2 aromatic rings. The third-order valence-corrected chi connectivity index (χ3v) is 4.85. The van der Waals surface area contributed by atoms with Crippen molar-refractivity contribution in [2.45, 2.75) is 38.8 Å². The fourth-order valence-corrected chi connectivity index (χ4v) is 3.47. The van der Waals surface area contributed by atoms with Gasteiger partial charge in [-0.05, 0) is 54.6 Å². The lowest BCUT2D eigenvalue weighted by atomic mass is 9.91. The monoisotopic (exact) mass is 322 g/mol. The van der Waals surface area contributed by atoms with Crippen molar-refractivity contribution < 1.29 is 0 Å². The number of halogens is 2. The van der Waals surface area contributed by atoms with Gasteiger partial charge in [-0.25, -0.2) is 0 Å². The smallest absolute Gasteiger partial charge is 0.0595 e. The Morgan fingerprint density at radius 3 is 2.86 bits per heavy atom. The van der Waals surface area contributed by atoms with Crippen molar-refractivity contribution in [3.05, 3.63) is 57.3 Å². The van der Waals surface area contributed by atoms with E-state index in [2.05, 4.69) is 29.2 Å². The molecular formula is C17H20Cl2N2. The Kier molecular flexibility index (Phi) is 4.58. The highest BCUT2D eigenvalue weighted by Gasteiger charge is 2.21. The Hall–Kier alpha value is -0.960. The van der Waals surface area contributed by atoms with Gasteiger partial charge in [0.2, 0.25) is 0 Å². The van der Waals surface area contributed by atoms with E-state index in [-0.39, 0.29) is 0 Å². The fraction of sp³-hybridized carbons (Fsp3) is 0.412. The highest BCUT2D eigenvalue weighted by molar-refractivity contribution is 6.42. The summed E-state index contributed by atoms with van der Waals surface area (Å²) in [6.07, 6.45) is 8.25. The van der Waals surface area contributed by atoms with Crippen LogP contribution in [0.15, 0.2) is 30.6 Å². The van der Waals surface area contributed by atoms with Crippen LogP contribution in [-0.2, 0) is 13.0 Å². The van der Waals surface area contributed by atoms with Gasteiger partial charge in [-0.2, -0.15) is 0 Å². The van der Waals surface area contributed by atoms with Gasteiger partial charge < -0.3 is 9.88 Å². The van der Waals surface area contributed by atoms with E-state index in [4.69, 9.17) is 23.2 Å². The number of aryl methyl sites for hydroxylation is 1. The number of hydrogen-bond donors (Lipinski definition) is 1. The van der Waals surface area contributed by atoms with Crippen LogP contribution >= 0.6 is 23.2 Å². The second kappa shape index (κ2) is 6.43. The summed E-state index contributed by atoms with van der Waals surface area (Å²) >= 11 is 12.1. The molecule has 1 aliphatic carbocycles. The Morgan fingerprint density at radius 2 is 2.10 bits per heavy atom. The summed E-state index contributed by atoms with van der Waals surface area (Å²) in [5.41, 5.74) is 4.12. The lowest BCUT2D eigenvalue weighted by Gasteiger charge is -2.22. The minimum atomic E-state index is 0.508. The van der Waals surface area contributed by atoms with E-state index >= 15 is 0 Å². The number of nitrogens with one attached hydrogen (secondary N) is 1. The number of hydrogen-bond acceptors (Lipinski definition) is 1. The molecule has 112 valence electrons. The van der Waals surface area contributed by atoms with Gasteiger partial charge in [-0.3, -0.25) is 0 Å². The quantitative estimate of drug-likeness (QED) is 0.853. The van der Waals surface area contributed by atoms with Gasteiger partial charge in [0.05, 0.1) is 10.0 Å². The Balaban J connectivity index is 1.82. The molecule has 0 spiro atoms. The van der Waals surface area contributed by atoms with E-state index in [1.54, 1.807) is 0 Å². The van der Waals surface area contributed by atoms with Gasteiger partial charge in [0, 0.05) is 25.0 Å². The molecule has 1 aliphatic rings. The fourth-order valence-electron chi connectivity index (χ4n) is 3.15. The van der Waals surface area contributed by atoms with Crippen LogP contribution in [-0.4, -0.2) is 11.1 Å². The van der Waals surface area contributed by atoms with Crippen molar-refractivity contribution in [1.82, 2.24) is 9.88 Å². The van der Waals surface area contributed by atoms with E-state index in [1.165, 1.54) is 36.0 Å². The number of fused-ring (bicyclic) bond motifs is 1. The van der Waals surface area contributed by atoms with Crippen LogP contribution < -0.4 is 5.32 Å². The molecule has 1 aromatic heterocycles. The SMILES string of the molecule is CCNC1CCCc2cn(Cc3ccc(Cl)c(Cl)c3)cc21. The second-order valence-electron chi connectivity index (χ2n) is 5.66. The average Bonchev–Trinajstić information content (AvgIpc) is 2.87. The van der Waals surface area contributed by atoms with Gasteiger partial charge in [0.1, 0.15) is 0 Å². The Bertz CT molecular complexity index is 634. The molecular weight excluding hydrogens is 303 g/mol. The summed E-state index contributed by atoms with van der Waals surface area (Å²) in [5.74, 6) is 0. The van der Waals surface area contributed by atoms with Crippen molar-refractivity contribution in [2.75, 3.05) is 6.54 Å². The molecule has 0 saturated heterocycles. The van der Waals surface area contributed by atoms with E-state index in [0.717, 1.165) is 13.1 Å². The molecule has 0 radical (unpaired) electrons. The number of nitrogens with zero attached hydrogens (tertiary/aromatic N) is 1. The molecule has 1 atom stereocenters. The molecule has 1 aromatic carbocycles. The zero-order valence-corrected chi connectivity index (χ0v) is 13.7. The van der Waals surface area contributed by atoms with Crippen LogP contribution in [0.5, 0.6) is 0 Å². The van der Waals surface area contributed by atoms with E-state index in [0.29, 0.717) is 16.1 Å². The van der Waals surface area contributed by atoms with Crippen molar-refractivity contribution in [3.63, 3.8) is 0 Å². The van der Waals surface area contributed by atoms with Crippen molar-refractivity contribution in [2.24, 2.45) is 0 Å². The van der Waals surface area contributed by atoms with E-state index < -0.39 is 0 Å². The molecule has 0 amide bonds. The topological polar surface area (TPSA) is 17.0 Å². The summed E-state index contributed by atoms with van der Waals surface area (Å²) < 4.78 is 2.26. The zero-order chi connectivity index (χ0) is 14.8. The Labute approximate surface area is 136 Å². The highest BCUT2D eigenvalue weighted by atomic mass is 35.5. The van der Waals surface area contributed by atoms with Crippen molar-refractivity contribution >= 4 is 23.2 Å². The second-order valence-corrected chi connectivity index (χ2v) is 6.48. The summed E-state index contributed by atoms with van der Waals surface area (Å²) in [6.45, 7) is 4.02. The lowest BCUT2D eigenvalue weighted by Crippen LogP contribution is -2.23. The maximum atomic E-state index is 6.09. The molecule has 0 fully saturated rings. The first-order valence-corrected chi connectivity index (χ1v) is 8.29. The highest BCUT2D eigenvalue weighted by Crippen LogP contribution is 2.31. The molecule has 0 saturated carbocycles. The third kappa shape index (κ3) is 3.28. The van der Waals surface area contributed by atoms with Gasteiger partial charge in [0.25, 0.3) is 0 Å².